The summed E-state index contributed by atoms with van der Waals surface area (Å²) in [5.74, 6) is -0.311. The zero-order chi connectivity index (χ0) is 10.7. The zero-order valence-electron chi connectivity index (χ0n) is 8.04. The Bertz CT molecular complexity index is 349. The predicted molar refractivity (Wildman–Crippen MR) is 52.4 cm³/mol. The average Bonchev–Trinajstić information content (AvgIpc) is 2.38. The van der Waals surface area contributed by atoms with Crippen LogP contribution in [0.4, 0.5) is 0 Å². The number of aliphatic hydroxyl groups excluding tert-OH is 1. The number of hydrogen-bond donors (Lipinski definition) is 2. The molecule has 0 fully saturated rings. The van der Waals surface area contributed by atoms with Gasteiger partial charge in [-0.05, 0) is 6.92 Å². The molecule has 2 N–H and O–H groups in total. The van der Waals surface area contributed by atoms with Crippen molar-refractivity contribution < 1.29 is 9.90 Å². The van der Waals surface area contributed by atoms with Gasteiger partial charge in [0.2, 0.25) is 0 Å². The first kappa shape index (κ1) is 11.0. The van der Waals surface area contributed by atoms with Crippen molar-refractivity contribution in [1.29, 1.82) is 0 Å². The van der Waals surface area contributed by atoms with Gasteiger partial charge < -0.3 is 10.4 Å². The van der Waals surface area contributed by atoms with E-state index in [2.05, 4.69) is 10.4 Å². The minimum absolute atomic E-state index is 0.0946. The van der Waals surface area contributed by atoms with Crippen LogP contribution < -0.4 is 5.32 Å². The molecule has 0 radical (unpaired) electrons. The monoisotopic (exact) mass is 217 g/mol. The second-order valence-corrected chi connectivity index (χ2v) is 3.21. The quantitative estimate of drug-likeness (QED) is 0.755. The summed E-state index contributed by atoms with van der Waals surface area (Å²) in [5, 5.41) is 15.4. The summed E-state index contributed by atoms with van der Waals surface area (Å²) in [6.45, 7) is 1.83. The van der Waals surface area contributed by atoms with Gasteiger partial charge in [0.25, 0.3) is 5.91 Å². The van der Waals surface area contributed by atoms with Gasteiger partial charge in [0.1, 0.15) is 5.15 Å². The van der Waals surface area contributed by atoms with Crippen molar-refractivity contribution in [3.8, 4) is 0 Å². The lowest BCUT2D eigenvalue weighted by Gasteiger charge is -2.01. The highest BCUT2D eigenvalue weighted by molar-refractivity contribution is 6.33. The maximum atomic E-state index is 11.5. The Kier molecular flexibility index (Phi) is 3.49. The molecule has 78 valence electrons. The highest BCUT2D eigenvalue weighted by atomic mass is 35.5. The molecule has 0 aliphatic rings. The molecular formula is C8H12ClN3O2. The number of aryl methyl sites for hydroxylation is 2. The van der Waals surface area contributed by atoms with Gasteiger partial charge in [-0.3, -0.25) is 9.48 Å². The Hall–Kier alpha value is -1.07. The molecule has 0 saturated heterocycles. The summed E-state index contributed by atoms with van der Waals surface area (Å²) in [5.41, 5.74) is 0.940. The molecule has 1 heterocycles. The van der Waals surface area contributed by atoms with Gasteiger partial charge in [0.15, 0.2) is 0 Å². The topological polar surface area (TPSA) is 67.2 Å². The second kappa shape index (κ2) is 4.43. The van der Waals surface area contributed by atoms with E-state index in [1.54, 1.807) is 14.0 Å². The van der Waals surface area contributed by atoms with Crippen molar-refractivity contribution in [3.63, 3.8) is 0 Å². The highest BCUT2D eigenvalue weighted by Gasteiger charge is 2.17. The van der Waals surface area contributed by atoms with E-state index >= 15 is 0 Å². The first-order chi connectivity index (χ1) is 6.57. The summed E-state index contributed by atoms with van der Waals surface area (Å²) in [6, 6.07) is 0. The molecule has 14 heavy (non-hydrogen) atoms. The predicted octanol–water partition coefficient (Wildman–Crippen LogP) is 0.104. The van der Waals surface area contributed by atoms with Crippen molar-refractivity contribution in [2.24, 2.45) is 7.05 Å². The van der Waals surface area contributed by atoms with Gasteiger partial charge in [0.05, 0.1) is 17.9 Å². The second-order valence-electron chi connectivity index (χ2n) is 2.85. The molecule has 0 bridgehead atoms. The molecule has 1 rings (SSSR count). The van der Waals surface area contributed by atoms with Crippen molar-refractivity contribution in [2.75, 3.05) is 13.2 Å². The maximum Gasteiger partial charge on any atom is 0.256 e. The summed E-state index contributed by atoms with van der Waals surface area (Å²) in [4.78, 5) is 11.5. The number of nitrogens with one attached hydrogen (secondary N) is 1. The molecule has 5 nitrogen and oxygen atoms in total. The van der Waals surface area contributed by atoms with Crippen LogP contribution in [0.5, 0.6) is 0 Å². The Morgan fingerprint density at radius 2 is 2.36 bits per heavy atom. The van der Waals surface area contributed by atoms with Crippen LogP contribution in [0.1, 0.15) is 16.1 Å². The van der Waals surface area contributed by atoms with Gasteiger partial charge in [0, 0.05) is 13.6 Å². The first-order valence-corrected chi connectivity index (χ1v) is 4.54. The van der Waals surface area contributed by atoms with E-state index < -0.39 is 0 Å². The number of aliphatic hydroxyl groups is 1. The fourth-order valence-electron chi connectivity index (χ4n) is 1.15. The number of hydrogen-bond acceptors (Lipinski definition) is 3. The maximum absolute atomic E-state index is 11.5. The molecule has 0 atom stereocenters. The molecule has 0 aliphatic carbocycles. The summed E-state index contributed by atoms with van der Waals surface area (Å²) < 4.78 is 1.44. The molecule has 0 aliphatic heterocycles. The van der Waals surface area contributed by atoms with E-state index in [1.807, 2.05) is 0 Å². The molecular weight excluding hydrogens is 206 g/mol. The van der Waals surface area contributed by atoms with E-state index in [0.29, 0.717) is 16.4 Å². The fraction of sp³-hybridized carbons (Fsp3) is 0.500. The van der Waals surface area contributed by atoms with Gasteiger partial charge >= 0.3 is 0 Å². The molecule has 0 unspecified atom stereocenters. The lowest BCUT2D eigenvalue weighted by atomic mass is 10.2. The largest absolute Gasteiger partial charge is 0.395 e. The van der Waals surface area contributed by atoms with E-state index in [9.17, 15) is 4.79 Å². The van der Waals surface area contributed by atoms with Gasteiger partial charge in [-0.2, -0.15) is 5.10 Å². The Labute approximate surface area is 86.7 Å². The summed E-state index contributed by atoms with van der Waals surface area (Å²) in [6.07, 6.45) is 0. The van der Waals surface area contributed by atoms with Gasteiger partial charge in [-0.15, -0.1) is 0 Å². The number of carbonyl (C=O) groups excluding carboxylic acids is 1. The molecule has 1 aromatic heterocycles. The Morgan fingerprint density at radius 3 is 2.79 bits per heavy atom. The third-order valence-corrected chi connectivity index (χ3v) is 2.21. The number of amides is 1. The van der Waals surface area contributed by atoms with Crippen LogP contribution in [0.2, 0.25) is 5.15 Å². The standard InChI is InChI=1S/C8H12ClN3O2/c1-5-6(7(9)12(2)11-5)8(14)10-3-4-13/h13H,3-4H2,1-2H3,(H,10,14). The number of carbonyl (C=O) groups is 1. The van der Waals surface area contributed by atoms with Crippen molar-refractivity contribution >= 4 is 17.5 Å². The molecule has 6 heteroatoms. The van der Waals surface area contributed by atoms with Crippen LogP contribution in [-0.4, -0.2) is 33.9 Å². The normalized spacial score (nSPS) is 10.3. The van der Waals surface area contributed by atoms with Crippen LogP contribution in [0.15, 0.2) is 0 Å². The van der Waals surface area contributed by atoms with Crippen LogP contribution in [0, 0.1) is 6.92 Å². The summed E-state index contributed by atoms with van der Waals surface area (Å²) in [7, 11) is 1.66. The van der Waals surface area contributed by atoms with E-state index in [0.717, 1.165) is 0 Å². The van der Waals surface area contributed by atoms with Crippen LogP contribution in [0.25, 0.3) is 0 Å². The fourth-order valence-corrected chi connectivity index (χ4v) is 1.41. The van der Waals surface area contributed by atoms with Crippen LogP contribution >= 0.6 is 11.6 Å². The van der Waals surface area contributed by atoms with Crippen LogP contribution in [-0.2, 0) is 7.05 Å². The Morgan fingerprint density at radius 1 is 1.71 bits per heavy atom. The molecule has 1 amide bonds. The van der Waals surface area contributed by atoms with Gasteiger partial charge in [-0.25, -0.2) is 0 Å². The Balaban J connectivity index is 2.89. The molecule has 1 aromatic rings. The first-order valence-electron chi connectivity index (χ1n) is 4.16. The smallest absolute Gasteiger partial charge is 0.256 e. The molecule has 0 spiro atoms. The average molecular weight is 218 g/mol. The highest BCUT2D eigenvalue weighted by Crippen LogP contribution is 2.17. The van der Waals surface area contributed by atoms with E-state index in [4.69, 9.17) is 16.7 Å². The minimum atomic E-state index is -0.311. The number of halogens is 1. The van der Waals surface area contributed by atoms with E-state index in [-0.39, 0.29) is 19.1 Å². The summed E-state index contributed by atoms with van der Waals surface area (Å²) >= 11 is 5.86. The van der Waals surface area contributed by atoms with E-state index in [1.165, 1.54) is 4.68 Å². The van der Waals surface area contributed by atoms with Crippen molar-refractivity contribution in [3.05, 3.63) is 16.4 Å². The minimum Gasteiger partial charge on any atom is -0.395 e. The molecule has 0 saturated carbocycles. The lowest BCUT2D eigenvalue weighted by molar-refractivity contribution is 0.0944. The lowest BCUT2D eigenvalue weighted by Crippen LogP contribution is -2.26. The third-order valence-electron chi connectivity index (χ3n) is 1.78. The van der Waals surface area contributed by atoms with Crippen molar-refractivity contribution in [2.45, 2.75) is 6.92 Å². The number of rotatable bonds is 3. The van der Waals surface area contributed by atoms with Gasteiger partial charge in [-0.1, -0.05) is 11.6 Å². The SMILES string of the molecule is Cc1nn(C)c(Cl)c1C(=O)NCCO. The third kappa shape index (κ3) is 2.05. The zero-order valence-corrected chi connectivity index (χ0v) is 8.80. The number of nitrogens with zero attached hydrogens (tertiary/aromatic N) is 2. The molecule has 0 aromatic carbocycles. The van der Waals surface area contributed by atoms with Crippen LogP contribution in [0.3, 0.4) is 0 Å². The number of aromatic nitrogens is 2. The van der Waals surface area contributed by atoms with Crippen molar-refractivity contribution in [1.82, 2.24) is 15.1 Å².